The van der Waals surface area contributed by atoms with Crippen LogP contribution in [0.4, 0.5) is 0 Å². The second-order valence-electron chi connectivity index (χ2n) is 5.65. The number of hydrogen-bond acceptors (Lipinski definition) is 3. The molecule has 0 aromatic heterocycles. The highest BCUT2D eigenvalue weighted by molar-refractivity contribution is 5.77. The van der Waals surface area contributed by atoms with Crippen molar-refractivity contribution in [3.05, 3.63) is 29.3 Å². The van der Waals surface area contributed by atoms with E-state index in [0.29, 0.717) is 12.5 Å². The molecule has 0 spiro atoms. The fourth-order valence-electron chi connectivity index (χ4n) is 2.71. The van der Waals surface area contributed by atoms with E-state index in [2.05, 4.69) is 5.32 Å². The molecule has 1 amide bonds. The van der Waals surface area contributed by atoms with Gasteiger partial charge in [-0.1, -0.05) is 18.2 Å². The minimum atomic E-state index is -0.192. The van der Waals surface area contributed by atoms with Crippen molar-refractivity contribution < 1.29 is 14.6 Å². The standard InChI is InChI=1S/C16H23NO3/c1-11-4-3-5-12(2)16(11)20-10-15(19)17-9-13-6-7-14(18)8-13/h3-5,13-14,18H,6-10H2,1-2H3,(H,17,19). The highest BCUT2D eigenvalue weighted by Crippen LogP contribution is 2.24. The maximum absolute atomic E-state index is 11.8. The summed E-state index contributed by atoms with van der Waals surface area (Å²) < 4.78 is 5.60. The number of amides is 1. The molecule has 20 heavy (non-hydrogen) atoms. The van der Waals surface area contributed by atoms with E-state index in [-0.39, 0.29) is 18.6 Å². The Balaban J connectivity index is 1.75. The van der Waals surface area contributed by atoms with Gasteiger partial charge in [0.1, 0.15) is 5.75 Å². The molecule has 0 aliphatic heterocycles. The Hall–Kier alpha value is -1.55. The zero-order valence-electron chi connectivity index (χ0n) is 12.2. The van der Waals surface area contributed by atoms with Crippen LogP contribution >= 0.6 is 0 Å². The third-order valence-corrected chi connectivity index (χ3v) is 3.86. The number of aryl methyl sites for hydroxylation is 2. The van der Waals surface area contributed by atoms with E-state index in [1.54, 1.807) is 0 Å². The number of carbonyl (C=O) groups is 1. The summed E-state index contributed by atoms with van der Waals surface area (Å²) in [5.74, 6) is 1.09. The Morgan fingerprint density at radius 2 is 2.05 bits per heavy atom. The van der Waals surface area contributed by atoms with E-state index in [4.69, 9.17) is 4.74 Å². The quantitative estimate of drug-likeness (QED) is 0.865. The molecule has 1 aromatic rings. The summed E-state index contributed by atoms with van der Waals surface area (Å²) in [6.45, 7) is 4.62. The lowest BCUT2D eigenvalue weighted by Crippen LogP contribution is -2.32. The molecule has 0 saturated heterocycles. The largest absolute Gasteiger partial charge is 0.483 e. The lowest BCUT2D eigenvalue weighted by molar-refractivity contribution is -0.123. The van der Waals surface area contributed by atoms with Crippen molar-refractivity contribution in [3.8, 4) is 5.75 Å². The van der Waals surface area contributed by atoms with Gasteiger partial charge in [0.2, 0.25) is 0 Å². The van der Waals surface area contributed by atoms with Gasteiger partial charge in [-0.25, -0.2) is 0 Å². The average Bonchev–Trinajstić information content (AvgIpc) is 2.82. The molecule has 1 aliphatic rings. The van der Waals surface area contributed by atoms with Crippen molar-refractivity contribution in [1.29, 1.82) is 0 Å². The first kappa shape index (κ1) is 14.9. The van der Waals surface area contributed by atoms with Crippen LogP contribution in [0, 0.1) is 19.8 Å². The molecule has 4 heteroatoms. The van der Waals surface area contributed by atoms with Gasteiger partial charge in [-0.2, -0.15) is 0 Å². The van der Waals surface area contributed by atoms with Gasteiger partial charge in [-0.05, 0) is 50.2 Å². The maximum Gasteiger partial charge on any atom is 0.257 e. The number of ether oxygens (including phenoxy) is 1. The third kappa shape index (κ3) is 3.97. The maximum atomic E-state index is 11.8. The van der Waals surface area contributed by atoms with Crippen LogP contribution in [0.5, 0.6) is 5.75 Å². The minimum absolute atomic E-state index is 0.0426. The average molecular weight is 277 g/mol. The summed E-state index contributed by atoms with van der Waals surface area (Å²) >= 11 is 0. The number of aliphatic hydroxyl groups excluding tert-OH is 1. The summed E-state index contributed by atoms with van der Waals surface area (Å²) in [4.78, 5) is 11.8. The van der Waals surface area contributed by atoms with E-state index in [0.717, 1.165) is 36.1 Å². The van der Waals surface area contributed by atoms with Crippen molar-refractivity contribution in [3.63, 3.8) is 0 Å². The molecule has 0 radical (unpaired) electrons. The first-order valence-electron chi connectivity index (χ1n) is 7.20. The summed E-state index contributed by atoms with van der Waals surface area (Å²) in [6, 6.07) is 5.92. The molecule has 1 aliphatic carbocycles. The topological polar surface area (TPSA) is 58.6 Å². The van der Waals surface area contributed by atoms with Crippen LogP contribution < -0.4 is 10.1 Å². The molecule has 1 aromatic carbocycles. The highest BCUT2D eigenvalue weighted by atomic mass is 16.5. The van der Waals surface area contributed by atoms with Gasteiger partial charge < -0.3 is 15.2 Å². The van der Waals surface area contributed by atoms with Crippen LogP contribution in [0.25, 0.3) is 0 Å². The number of para-hydroxylation sites is 1. The predicted molar refractivity (Wildman–Crippen MR) is 77.8 cm³/mol. The molecular weight excluding hydrogens is 254 g/mol. The van der Waals surface area contributed by atoms with Crippen LogP contribution in [-0.4, -0.2) is 30.3 Å². The van der Waals surface area contributed by atoms with E-state index < -0.39 is 0 Å². The first-order valence-corrected chi connectivity index (χ1v) is 7.20. The van der Waals surface area contributed by atoms with Crippen LogP contribution in [-0.2, 0) is 4.79 Å². The van der Waals surface area contributed by atoms with E-state index in [1.807, 2.05) is 32.0 Å². The molecule has 110 valence electrons. The molecule has 2 unspecified atom stereocenters. The smallest absolute Gasteiger partial charge is 0.257 e. The van der Waals surface area contributed by atoms with Gasteiger partial charge in [0.15, 0.2) is 6.61 Å². The van der Waals surface area contributed by atoms with Gasteiger partial charge in [-0.15, -0.1) is 0 Å². The number of nitrogens with one attached hydrogen (secondary N) is 1. The molecule has 0 bridgehead atoms. The van der Waals surface area contributed by atoms with Crippen molar-refractivity contribution in [1.82, 2.24) is 5.32 Å². The Labute approximate surface area is 120 Å². The van der Waals surface area contributed by atoms with Crippen molar-refractivity contribution in [2.75, 3.05) is 13.2 Å². The van der Waals surface area contributed by atoms with Crippen molar-refractivity contribution in [2.45, 2.75) is 39.2 Å². The SMILES string of the molecule is Cc1cccc(C)c1OCC(=O)NCC1CCC(O)C1. The van der Waals surface area contributed by atoms with Gasteiger partial charge in [0.25, 0.3) is 5.91 Å². The third-order valence-electron chi connectivity index (χ3n) is 3.86. The molecular formula is C16H23NO3. The second-order valence-corrected chi connectivity index (χ2v) is 5.65. The summed E-state index contributed by atoms with van der Waals surface area (Å²) in [7, 11) is 0. The van der Waals surface area contributed by atoms with Gasteiger partial charge >= 0.3 is 0 Å². The zero-order chi connectivity index (χ0) is 14.5. The van der Waals surface area contributed by atoms with Crippen molar-refractivity contribution >= 4 is 5.91 Å². The fourth-order valence-corrected chi connectivity index (χ4v) is 2.71. The lowest BCUT2D eigenvalue weighted by atomic mass is 10.1. The number of carbonyl (C=O) groups excluding carboxylic acids is 1. The number of rotatable bonds is 5. The number of aliphatic hydroxyl groups is 1. The minimum Gasteiger partial charge on any atom is -0.483 e. The Morgan fingerprint density at radius 1 is 1.35 bits per heavy atom. The predicted octanol–water partition coefficient (Wildman–Crippen LogP) is 1.96. The second kappa shape index (κ2) is 6.75. The molecule has 1 fully saturated rings. The Bertz CT molecular complexity index is 453. The van der Waals surface area contributed by atoms with Gasteiger partial charge in [0, 0.05) is 6.54 Å². The van der Waals surface area contributed by atoms with Gasteiger partial charge in [-0.3, -0.25) is 4.79 Å². The molecule has 0 heterocycles. The van der Waals surface area contributed by atoms with E-state index >= 15 is 0 Å². The Morgan fingerprint density at radius 3 is 2.65 bits per heavy atom. The van der Waals surface area contributed by atoms with Gasteiger partial charge in [0.05, 0.1) is 6.10 Å². The number of hydrogen-bond donors (Lipinski definition) is 2. The number of benzene rings is 1. The molecule has 1 saturated carbocycles. The van der Waals surface area contributed by atoms with Crippen LogP contribution in [0.1, 0.15) is 30.4 Å². The van der Waals surface area contributed by atoms with E-state index in [9.17, 15) is 9.90 Å². The normalized spacial score (nSPS) is 21.8. The van der Waals surface area contributed by atoms with Crippen LogP contribution in [0.3, 0.4) is 0 Å². The van der Waals surface area contributed by atoms with Crippen LogP contribution in [0.15, 0.2) is 18.2 Å². The van der Waals surface area contributed by atoms with Crippen LogP contribution in [0.2, 0.25) is 0 Å². The summed E-state index contributed by atoms with van der Waals surface area (Å²) in [5, 5.41) is 12.3. The molecule has 2 rings (SSSR count). The summed E-state index contributed by atoms with van der Waals surface area (Å²) in [5.41, 5.74) is 2.08. The lowest BCUT2D eigenvalue weighted by Gasteiger charge is -2.13. The molecule has 2 atom stereocenters. The first-order chi connectivity index (χ1) is 9.56. The molecule has 2 N–H and O–H groups in total. The highest BCUT2D eigenvalue weighted by Gasteiger charge is 2.22. The zero-order valence-corrected chi connectivity index (χ0v) is 12.2. The van der Waals surface area contributed by atoms with Crippen molar-refractivity contribution in [2.24, 2.45) is 5.92 Å². The Kier molecular flexibility index (Phi) is 5.01. The molecule has 4 nitrogen and oxygen atoms in total. The fraction of sp³-hybridized carbons (Fsp3) is 0.562. The van der Waals surface area contributed by atoms with E-state index in [1.165, 1.54) is 0 Å². The summed E-state index contributed by atoms with van der Waals surface area (Å²) in [6.07, 6.45) is 2.43. The monoisotopic (exact) mass is 277 g/mol.